The summed E-state index contributed by atoms with van der Waals surface area (Å²) in [5.74, 6) is 0.714. The van der Waals surface area contributed by atoms with Crippen LogP contribution >= 0.6 is 15.9 Å². The van der Waals surface area contributed by atoms with Gasteiger partial charge in [-0.05, 0) is 13.8 Å². The second-order valence-corrected chi connectivity index (χ2v) is 7.53. The number of alkyl halides is 1. The van der Waals surface area contributed by atoms with E-state index in [2.05, 4.69) is 20.9 Å². The SMILES string of the molecule is CCn1cc(S(=O)(=O)N(C)CC(C)Br)nc1C. The number of hydrogen-bond donors (Lipinski definition) is 0. The van der Waals surface area contributed by atoms with E-state index >= 15 is 0 Å². The van der Waals surface area contributed by atoms with Gasteiger partial charge in [-0.15, -0.1) is 0 Å². The molecule has 1 heterocycles. The van der Waals surface area contributed by atoms with E-state index in [0.717, 1.165) is 0 Å². The lowest BCUT2D eigenvalue weighted by Crippen LogP contribution is -2.31. The number of halogens is 1. The van der Waals surface area contributed by atoms with Crippen LogP contribution in [0.2, 0.25) is 0 Å². The molecule has 0 amide bonds. The average Bonchev–Trinajstić information content (AvgIpc) is 2.59. The molecule has 0 aromatic carbocycles. The number of rotatable bonds is 5. The van der Waals surface area contributed by atoms with Crippen LogP contribution in [0.4, 0.5) is 0 Å². The third-order valence-electron chi connectivity index (χ3n) is 2.48. The van der Waals surface area contributed by atoms with E-state index in [1.807, 2.05) is 18.4 Å². The second kappa shape index (κ2) is 5.49. The Morgan fingerprint density at radius 2 is 2.18 bits per heavy atom. The van der Waals surface area contributed by atoms with Gasteiger partial charge in [-0.2, -0.15) is 4.31 Å². The highest BCUT2D eigenvalue weighted by atomic mass is 79.9. The highest BCUT2D eigenvalue weighted by molar-refractivity contribution is 9.09. The van der Waals surface area contributed by atoms with Gasteiger partial charge >= 0.3 is 0 Å². The van der Waals surface area contributed by atoms with Gasteiger partial charge < -0.3 is 4.57 Å². The lowest BCUT2D eigenvalue weighted by Gasteiger charge is -2.16. The van der Waals surface area contributed by atoms with E-state index in [1.54, 1.807) is 20.2 Å². The van der Waals surface area contributed by atoms with Crippen LogP contribution < -0.4 is 0 Å². The highest BCUT2D eigenvalue weighted by Gasteiger charge is 2.25. The van der Waals surface area contributed by atoms with Crippen molar-refractivity contribution in [2.24, 2.45) is 0 Å². The maximum Gasteiger partial charge on any atom is 0.261 e. The molecular weight excluding hydrogens is 306 g/mol. The zero-order valence-electron chi connectivity index (χ0n) is 10.5. The fraction of sp³-hybridized carbons (Fsp3) is 0.700. The van der Waals surface area contributed by atoms with Gasteiger partial charge in [0.1, 0.15) is 5.82 Å². The summed E-state index contributed by atoms with van der Waals surface area (Å²) in [6.45, 7) is 6.79. The summed E-state index contributed by atoms with van der Waals surface area (Å²) in [5.41, 5.74) is 0. The van der Waals surface area contributed by atoms with Crippen molar-refractivity contribution in [2.75, 3.05) is 13.6 Å². The molecule has 1 rings (SSSR count). The Morgan fingerprint density at radius 1 is 1.59 bits per heavy atom. The molecule has 1 aromatic rings. The Morgan fingerprint density at radius 3 is 2.59 bits per heavy atom. The molecule has 1 unspecified atom stereocenters. The summed E-state index contributed by atoms with van der Waals surface area (Å²) >= 11 is 3.34. The molecule has 0 saturated carbocycles. The Balaban J connectivity index is 3.04. The van der Waals surface area contributed by atoms with Crippen molar-refractivity contribution in [3.63, 3.8) is 0 Å². The van der Waals surface area contributed by atoms with Gasteiger partial charge in [0.25, 0.3) is 10.0 Å². The van der Waals surface area contributed by atoms with Crippen LogP contribution in [0.1, 0.15) is 19.7 Å². The van der Waals surface area contributed by atoms with Crippen molar-refractivity contribution in [3.05, 3.63) is 12.0 Å². The van der Waals surface area contributed by atoms with E-state index < -0.39 is 10.0 Å². The number of aryl methyl sites for hydroxylation is 2. The van der Waals surface area contributed by atoms with Gasteiger partial charge in [0, 0.05) is 31.2 Å². The van der Waals surface area contributed by atoms with E-state index in [0.29, 0.717) is 18.9 Å². The second-order valence-electron chi connectivity index (χ2n) is 3.98. The van der Waals surface area contributed by atoms with Gasteiger partial charge in [-0.3, -0.25) is 0 Å². The molecule has 0 aliphatic rings. The van der Waals surface area contributed by atoms with Gasteiger partial charge in [0.2, 0.25) is 0 Å². The van der Waals surface area contributed by atoms with Crippen LogP contribution in [0.25, 0.3) is 0 Å². The van der Waals surface area contributed by atoms with Crippen LogP contribution in [0.3, 0.4) is 0 Å². The zero-order valence-corrected chi connectivity index (χ0v) is 12.9. The van der Waals surface area contributed by atoms with E-state index in [9.17, 15) is 8.42 Å². The molecule has 0 bridgehead atoms. The van der Waals surface area contributed by atoms with Gasteiger partial charge in [0.15, 0.2) is 5.03 Å². The average molecular weight is 324 g/mol. The summed E-state index contributed by atoms with van der Waals surface area (Å²) in [6, 6.07) is 0. The van der Waals surface area contributed by atoms with E-state index in [4.69, 9.17) is 0 Å². The van der Waals surface area contributed by atoms with Crippen LogP contribution in [0, 0.1) is 6.92 Å². The molecule has 0 spiro atoms. The maximum atomic E-state index is 12.2. The molecule has 7 heteroatoms. The smallest absolute Gasteiger partial charge is 0.261 e. The van der Waals surface area contributed by atoms with Crippen LogP contribution in [-0.4, -0.2) is 40.7 Å². The lowest BCUT2D eigenvalue weighted by atomic mass is 10.5. The minimum atomic E-state index is -3.47. The molecule has 0 saturated heterocycles. The molecule has 0 fully saturated rings. The minimum Gasteiger partial charge on any atom is -0.334 e. The van der Waals surface area contributed by atoms with Crippen LogP contribution in [0.5, 0.6) is 0 Å². The summed E-state index contributed by atoms with van der Waals surface area (Å²) in [5, 5.41) is 0.118. The van der Waals surface area contributed by atoms with E-state index in [-0.39, 0.29) is 9.85 Å². The van der Waals surface area contributed by atoms with Crippen molar-refractivity contribution in [1.82, 2.24) is 13.9 Å². The predicted molar refractivity (Wildman–Crippen MR) is 70.8 cm³/mol. The van der Waals surface area contributed by atoms with Crippen molar-refractivity contribution in [2.45, 2.75) is 37.2 Å². The predicted octanol–water partition coefficient (Wildman–Crippen LogP) is 1.62. The lowest BCUT2D eigenvalue weighted by molar-refractivity contribution is 0.471. The summed E-state index contributed by atoms with van der Waals surface area (Å²) < 4.78 is 27.5. The monoisotopic (exact) mass is 323 g/mol. The quantitative estimate of drug-likeness (QED) is 0.774. The molecule has 1 aromatic heterocycles. The molecule has 0 radical (unpaired) electrons. The fourth-order valence-electron chi connectivity index (χ4n) is 1.54. The number of nitrogens with zero attached hydrogens (tertiary/aromatic N) is 3. The Bertz CT molecular complexity index is 482. The molecular formula is C10H18BrN3O2S. The van der Waals surface area contributed by atoms with Crippen molar-refractivity contribution < 1.29 is 8.42 Å². The van der Waals surface area contributed by atoms with Crippen molar-refractivity contribution in [3.8, 4) is 0 Å². The Labute approximate surface area is 111 Å². The standard InChI is InChI=1S/C10H18BrN3O2S/c1-5-14-7-10(12-9(14)3)17(15,16)13(4)6-8(2)11/h7-8H,5-6H2,1-4H3. The molecule has 0 aliphatic heterocycles. The molecule has 98 valence electrons. The molecule has 5 nitrogen and oxygen atoms in total. The van der Waals surface area contributed by atoms with Crippen LogP contribution in [0.15, 0.2) is 11.2 Å². The van der Waals surface area contributed by atoms with Crippen LogP contribution in [-0.2, 0) is 16.6 Å². The first-order chi connectivity index (χ1) is 7.78. The number of aromatic nitrogens is 2. The molecule has 0 aliphatic carbocycles. The first-order valence-corrected chi connectivity index (χ1v) is 7.78. The summed E-state index contributed by atoms with van der Waals surface area (Å²) in [7, 11) is -1.91. The summed E-state index contributed by atoms with van der Waals surface area (Å²) in [6.07, 6.45) is 1.58. The first kappa shape index (κ1) is 14.7. The topological polar surface area (TPSA) is 55.2 Å². The number of sulfonamides is 1. The van der Waals surface area contributed by atoms with Gasteiger partial charge in [-0.1, -0.05) is 22.9 Å². The number of imidazole rings is 1. The van der Waals surface area contributed by atoms with E-state index in [1.165, 1.54) is 4.31 Å². The largest absolute Gasteiger partial charge is 0.334 e. The zero-order chi connectivity index (χ0) is 13.2. The minimum absolute atomic E-state index is 0.108. The normalized spacial score (nSPS) is 14.2. The highest BCUT2D eigenvalue weighted by Crippen LogP contribution is 2.15. The number of hydrogen-bond acceptors (Lipinski definition) is 3. The molecule has 1 atom stereocenters. The van der Waals surface area contributed by atoms with Gasteiger partial charge in [-0.25, -0.2) is 13.4 Å². The Kier molecular flexibility index (Phi) is 4.74. The maximum absolute atomic E-state index is 12.2. The third-order valence-corrected chi connectivity index (χ3v) is 4.46. The van der Waals surface area contributed by atoms with Crippen molar-refractivity contribution >= 4 is 26.0 Å². The summed E-state index contributed by atoms with van der Waals surface area (Å²) in [4.78, 5) is 4.21. The van der Waals surface area contributed by atoms with Gasteiger partial charge in [0.05, 0.1) is 0 Å². The Hall–Kier alpha value is -0.400. The first-order valence-electron chi connectivity index (χ1n) is 5.43. The fourth-order valence-corrected chi connectivity index (χ4v) is 3.41. The molecule has 17 heavy (non-hydrogen) atoms. The van der Waals surface area contributed by atoms with Crippen molar-refractivity contribution in [1.29, 1.82) is 0 Å². The third kappa shape index (κ3) is 3.29. The molecule has 0 N–H and O–H groups in total.